The molecule has 2 N–H and O–H groups in total. The second kappa shape index (κ2) is 6.30. The smallest absolute Gasteiger partial charge is 0.226 e. The Morgan fingerprint density at radius 3 is 2.76 bits per heavy atom. The van der Waals surface area contributed by atoms with Crippen molar-refractivity contribution in [2.75, 3.05) is 11.9 Å². The highest BCUT2D eigenvalue weighted by atomic mass is 19.2. The molecule has 94 valence electrons. The number of hydrogen-bond acceptors (Lipinski definition) is 2. The highest BCUT2D eigenvalue weighted by molar-refractivity contribution is 5.91. The lowest BCUT2D eigenvalue weighted by Crippen LogP contribution is -2.30. The average Bonchev–Trinajstić information content (AvgIpc) is 2.25. The first kappa shape index (κ1) is 13.6. The van der Waals surface area contributed by atoms with Gasteiger partial charge in [-0.2, -0.15) is 0 Å². The number of halogens is 2. The first-order chi connectivity index (χ1) is 8.04. The van der Waals surface area contributed by atoms with Gasteiger partial charge in [0.15, 0.2) is 11.6 Å². The van der Waals surface area contributed by atoms with Crippen molar-refractivity contribution in [2.45, 2.75) is 26.3 Å². The molecule has 1 aromatic carbocycles. The number of anilines is 1. The molecule has 0 spiro atoms. The second-order valence-corrected chi connectivity index (χ2v) is 3.81. The van der Waals surface area contributed by atoms with E-state index >= 15 is 0 Å². The molecule has 3 nitrogen and oxygen atoms in total. The van der Waals surface area contributed by atoms with Gasteiger partial charge in [0.1, 0.15) is 0 Å². The maximum atomic E-state index is 13.2. The van der Waals surface area contributed by atoms with Crippen molar-refractivity contribution in [1.82, 2.24) is 5.32 Å². The van der Waals surface area contributed by atoms with Gasteiger partial charge < -0.3 is 10.6 Å². The number of amides is 1. The SMILES string of the molecule is CCNC(C)CC(=O)Nc1cccc(F)c1F. The Labute approximate surface area is 99.2 Å². The first-order valence-electron chi connectivity index (χ1n) is 5.51. The minimum atomic E-state index is -1.03. The molecule has 0 aliphatic heterocycles. The predicted molar refractivity (Wildman–Crippen MR) is 62.7 cm³/mol. The van der Waals surface area contributed by atoms with Crippen molar-refractivity contribution in [2.24, 2.45) is 0 Å². The molecule has 0 aliphatic carbocycles. The van der Waals surface area contributed by atoms with Gasteiger partial charge in [0.2, 0.25) is 5.91 Å². The number of carbonyl (C=O) groups excluding carboxylic acids is 1. The molecule has 17 heavy (non-hydrogen) atoms. The van der Waals surface area contributed by atoms with Crippen LogP contribution < -0.4 is 10.6 Å². The third kappa shape index (κ3) is 4.11. The fourth-order valence-corrected chi connectivity index (χ4v) is 1.50. The maximum absolute atomic E-state index is 13.2. The molecule has 0 saturated carbocycles. The first-order valence-corrected chi connectivity index (χ1v) is 5.51. The minimum absolute atomic E-state index is 0.00313. The van der Waals surface area contributed by atoms with E-state index in [0.29, 0.717) is 0 Å². The predicted octanol–water partition coefficient (Wildman–Crippen LogP) is 2.29. The second-order valence-electron chi connectivity index (χ2n) is 3.81. The van der Waals surface area contributed by atoms with Gasteiger partial charge in [-0.3, -0.25) is 4.79 Å². The van der Waals surface area contributed by atoms with Crippen LogP contribution in [0.5, 0.6) is 0 Å². The molecule has 0 radical (unpaired) electrons. The number of hydrogen-bond donors (Lipinski definition) is 2. The summed E-state index contributed by atoms with van der Waals surface area (Å²) in [7, 11) is 0. The van der Waals surface area contributed by atoms with Crippen molar-refractivity contribution < 1.29 is 13.6 Å². The number of nitrogens with one attached hydrogen (secondary N) is 2. The van der Waals surface area contributed by atoms with E-state index in [4.69, 9.17) is 0 Å². The van der Waals surface area contributed by atoms with E-state index in [0.717, 1.165) is 12.6 Å². The Bertz CT molecular complexity index is 396. The van der Waals surface area contributed by atoms with E-state index in [1.54, 1.807) is 0 Å². The quantitative estimate of drug-likeness (QED) is 0.831. The van der Waals surface area contributed by atoms with Crippen molar-refractivity contribution in [1.29, 1.82) is 0 Å². The van der Waals surface area contributed by atoms with Crippen molar-refractivity contribution in [3.8, 4) is 0 Å². The number of rotatable bonds is 5. The van der Waals surface area contributed by atoms with Crippen molar-refractivity contribution in [3.63, 3.8) is 0 Å². The van der Waals surface area contributed by atoms with Crippen molar-refractivity contribution in [3.05, 3.63) is 29.8 Å². The molecule has 0 fully saturated rings. The van der Waals surface area contributed by atoms with Crippen LogP contribution in [0.3, 0.4) is 0 Å². The molecule has 1 amide bonds. The lowest BCUT2D eigenvalue weighted by Gasteiger charge is -2.12. The monoisotopic (exact) mass is 242 g/mol. The average molecular weight is 242 g/mol. The summed E-state index contributed by atoms with van der Waals surface area (Å²) in [6.45, 7) is 4.54. The summed E-state index contributed by atoms with van der Waals surface area (Å²) in [5.74, 6) is -2.34. The molecule has 1 rings (SSSR count). The summed E-state index contributed by atoms with van der Waals surface area (Å²) in [6.07, 6.45) is 0.212. The van der Waals surface area contributed by atoms with E-state index in [9.17, 15) is 13.6 Å². The van der Waals surface area contributed by atoms with Gasteiger partial charge in [-0.1, -0.05) is 13.0 Å². The molecule has 0 heterocycles. The van der Waals surface area contributed by atoms with E-state index in [1.807, 2.05) is 13.8 Å². The lowest BCUT2D eigenvalue weighted by atomic mass is 10.2. The van der Waals surface area contributed by atoms with Gasteiger partial charge in [0.05, 0.1) is 5.69 Å². The normalized spacial score (nSPS) is 12.2. The zero-order valence-electron chi connectivity index (χ0n) is 9.89. The molecule has 1 aromatic rings. The Morgan fingerprint density at radius 2 is 2.12 bits per heavy atom. The van der Waals surface area contributed by atoms with Gasteiger partial charge in [0.25, 0.3) is 0 Å². The summed E-state index contributed by atoms with van der Waals surface area (Å²) in [5, 5.41) is 5.41. The lowest BCUT2D eigenvalue weighted by molar-refractivity contribution is -0.116. The fraction of sp³-hybridized carbons (Fsp3) is 0.417. The van der Waals surface area contributed by atoms with Crippen molar-refractivity contribution >= 4 is 11.6 Å². The van der Waals surface area contributed by atoms with Crippen LogP contribution in [0.4, 0.5) is 14.5 Å². The van der Waals surface area contributed by atoms with Crippen LogP contribution in [0.25, 0.3) is 0 Å². The van der Waals surface area contributed by atoms with Gasteiger partial charge in [-0.05, 0) is 25.6 Å². The Hall–Kier alpha value is -1.49. The maximum Gasteiger partial charge on any atom is 0.226 e. The molecular formula is C12H16F2N2O. The van der Waals surface area contributed by atoms with E-state index in [2.05, 4.69) is 10.6 Å². The Kier molecular flexibility index (Phi) is 5.03. The molecule has 1 unspecified atom stereocenters. The molecule has 0 aromatic heterocycles. The minimum Gasteiger partial charge on any atom is -0.323 e. The fourth-order valence-electron chi connectivity index (χ4n) is 1.50. The van der Waals surface area contributed by atoms with Crippen LogP contribution >= 0.6 is 0 Å². The van der Waals surface area contributed by atoms with E-state index in [-0.39, 0.29) is 24.1 Å². The number of carbonyl (C=O) groups is 1. The molecule has 0 aliphatic rings. The van der Waals surface area contributed by atoms with Crippen LogP contribution in [0.2, 0.25) is 0 Å². The molecule has 5 heteroatoms. The third-order valence-electron chi connectivity index (χ3n) is 2.27. The molecule has 1 atom stereocenters. The number of benzene rings is 1. The van der Waals surface area contributed by atoms with E-state index in [1.165, 1.54) is 12.1 Å². The Balaban J connectivity index is 2.59. The molecule has 0 saturated heterocycles. The summed E-state index contributed by atoms with van der Waals surface area (Å²) < 4.78 is 26.1. The zero-order valence-corrected chi connectivity index (χ0v) is 9.89. The summed E-state index contributed by atoms with van der Waals surface area (Å²) in [6, 6.07) is 3.68. The molecular weight excluding hydrogens is 226 g/mol. The van der Waals surface area contributed by atoms with Crippen LogP contribution in [0, 0.1) is 11.6 Å². The summed E-state index contributed by atoms with van der Waals surface area (Å²) in [4.78, 5) is 11.5. The molecule has 0 bridgehead atoms. The van der Waals surface area contributed by atoms with Gasteiger partial charge in [-0.15, -0.1) is 0 Å². The summed E-state index contributed by atoms with van der Waals surface area (Å²) >= 11 is 0. The van der Waals surface area contributed by atoms with Crippen LogP contribution in [-0.4, -0.2) is 18.5 Å². The highest BCUT2D eigenvalue weighted by Gasteiger charge is 2.12. The third-order valence-corrected chi connectivity index (χ3v) is 2.27. The largest absolute Gasteiger partial charge is 0.323 e. The van der Waals surface area contributed by atoms with Crippen LogP contribution in [0.15, 0.2) is 18.2 Å². The van der Waals surface area contributed by atoms with E-state index < -0.39 is 11.6 Å². The van der Waals surface area contributed by atoms with Gasteiger partial charge in [-0.25, -0.2) is 8.78 Å². The van der Waals surface area contributed by atoms with Gasteiger partial charge >= 0.3 is 0 Å². The standard InChI is InChI=1S/C12H16F2N2O/c1-3-15-8(2)7-11(17)16-10-6-4-5-9(13)12(10)14/h4-6,8,15H,3,7H2,1-2H3,(H,16,17). The summed E-state index contributed by atoms with van der Waals surface area (Å²) in [5.41, 5.74) is -0.126. The van der Waals surface area contributed by atoms with Crippen LogP contribution in [0.1, 0.15) is 20.3 Å². The highest BCUT2D eigenvalue weighted by Crippen LogP contribution is 2.16. The zero-order chi connectivity index (χ0) is 12.8. The topological polar surface area (TPSA) is 41.1 Å². The van der Waals surface area contributed by atoms with Gasteiger partial charge in [0, 0.05) is 12.5 Å². The van der Waals surface area contributed by atoms with Crippen LogP contribution in [-0.2, 0) is 4.79 Å². The Morgan fingerprint density at radius 1 is 1.41 bits per heavy atom.